The van der Waals surface area contributed by atoms with Gasteiger partial charge in [-0.15, -0.1) is 11.3 Å². The smallest absolute Gasteiger partial charge is 0.263 e. The Bertz CT molecular complexity index is 898. The summed E-state index contributed by atoms with van der Waals surface area (Å²) in [6.45, 7) is 3.76. The molecule has 0 amide bonds. The first kappa shape index (κ1) is 15.6. The van der Waals surface area contributed by atoms with Gasteiger partial charge in [-0.1, -0.05) is 18.2 Å². The van der Waals surface area contributed by atoms with E-state index >= 15 is 0 Å². The molecule has 0 aliphatic rings. The number of aromatic nitrogens is 2. The van der Waals surface area contributed by atoms with E-state index in [2.05, 4.69) is 14.7 Å². The van der Waals surface area contributed by atoms with Crippen LogP contribution in [0.25, 0.3) is 11.1 Å². The Kier molecular flexibility index (Phi) is 4.14. The van der Waals surface area contributed by atoms with E-state index in [4.69, 9.17) is 0 Å². The molecule has 1 aromatic carbocycles. The quantitative estimate of drug-likeness (QED) is 0.784. The normalized spacial score (nSPS) is 11.4. The summed E-state index contributed by atoms with van der Waals surface area (Å²) in [4.78, 5) is 9.47. The number of sulfonamides is 1. The summed E-state index contributed by atoms with van der Waals surface area (Å²) >= 11 is 1.33. The minimum Gasteiger partial charge on any atom is -0.264 e. The molecular weight excluding hydrogens is 330 g/mol. The van der Waals surface area contributed by atoms with Crippen molar-refractivity contribution in [1.29, 1.82) is 0 Å². The van der Waals surface area contributed by atoms with Gasteiger partial charge in [-0.2, -0.15) is 0 Å². The summed E-state index contributed by atoms with van der Waals surface area (Å²) in [5.74, 6) is 0. The maximum Gasteiger partial charge on any atom is 0.263 e. The summed E-state index contributed by atoms with van der Waals surface area (Å²) in [7, 11) is -3.63. The fraction of sp³-hybridized carbons (Fsp3) is 0.125. The van der Waals surface area contributed by atoms with Crippen LogP contribution < -0.4 is 4.72 Å². The van der Waals surface area contributed by atoms with Gasteiger partial charge in [0.2, 0.25) is 0 Å². The summed E-state index contributed by atoms with van der Waals surface area (Å²) < 4.78 is 27.3. The molecule has 0 saturated heterocycles. The van der Waals surface area contributed by atoms with Gasteiger partial charge in [0.15, 0.2) is 5.13 Å². The van der Waals surface area contributed by atoms with Crippen LogP contribution in [-0.2, 0) is 10.0 Å². The van der Waals surface area contributed by atoms with Crippen LogP contribution in [0.15, 0.2) is 53.7 Å². The van der Waals surface area contributed by atoms with Gasteiger partial charge in [0.1, 0.15) is 0 Å². The number of hydrogen-bond donors (Lipinski definition) is 1. The number of anilines is 1. The van der Waals surface area contributed by atoms with Crippen LogP contribution in [0.3, 0.4) is 0 Å². The van der Waals surface area contributed by atoms with Crippen molar-refractivity contribution < 1.29 is 8.42 Å². The van der Waals surface area contributed by atoms with E-state index in [-0.39, 0.29) is 4.90 Å². The van der Waals surface area contributed by atoms with Crippen molar-refractivity contribution in [1.82, 2.24) is 9.97 Å². The number of nitrogens with one attached hydrogen (secondary N) is 1. The van der Waals surface area contributed by atoms with Crippen molar-refractivity contribution in [2.75, 3.05) is 4.72 Å². The number of hydrogen-bond acceptors (Lipinski definition) is 5. The maximum atomic E-state index is 12.4. The first-order chi connectivity index (χ1) is 11.0. The number of pyridine rings is 1. The van der Waals surface area contributed by atoms with Crippen LogP contribution in [0.2, 0.25) is 0 Å². The Labute approximate surface area is 139 Å². The molecule has 5 nitrogen and oxygen atoms in total. The summed E-state index contributed by atoms with van der Waals surface area (Å²) in [6.07, 6.45) is 3.44. The third-order valence-electron chi connectivity index (χ3n) is 3.41. The topological polar surface area (TPSA) is 72.0 Å². The van der Waals surface area contributed by atoms with E-state index in [0.29, 0.717) is 5.13 Å². The molecule has 118 valence electrons. The molecule has 3 aromatic rings. The first-order valence-electron chi connectivity index (χ1n) is 6.93. The fourth-order valence-electron chi connectivity index (χ4n) is 2.05. The average molecular weight is 345 g/mol. The van der Waals surface area contributed by atoms with Crippen molar-refractivity contribution in [2.45, 2.75) is 18.7 Å². The highest BCUT2D eigenvalue weighted by Gasteiger charge is 2.16. The molecule has 0 fully saturated rings. The van der Waals surface area contributed by atoms with Crippen molar-refractivity contribution >= 4 is 26.5 Å². The van der Waals surface area contributed by atoms with Gasteiger partial charge in [-0.25, -0.2) is 13.4 Å². The third kappa shape index (κ3) is 3.40. The van der Waals surface area contributed by atoms with Crippen molar-refractivity contribution in [2.24, 2.45) is 0 Å². The van der Waals surface area contributed by atoms with Crippen LogP contribution in [0.5, 0.6) is 0 Å². The Balaban J connectivity index is 1.86. The predicted molar refractivity (Wildman–Crippen MR) is 92.1 cm³/mol. The van der Waals surface area contributed by atoms with E-state index in [0.717, 1.165) is 21.7 Å². The zero-order chi connectivity index (χ0) is 16.4. The zero-order valence-corrected chi connectivity index (χ0v) is 14.3. The summed E-state index contributed by atoms with van der Waals surface area (Å²) in [6, 6.07) is 10.5. The lowest BCUT2D eigenvalue weighted by Crippen LogP contribution is -2.12. The van der Waals surface area contributed by atoms with E-state index in [1.165, 1.54) is 11.3 Å². The molecule has 23 heavy (non-hydrogen) atoms. The molecule has 0 radical (unpaired) electrons. The van der Waals surface area contributed by atoms with Crippen molar-refractivity contribution in [3.8, 4) is 11.1 Å². The maximum absolute atomic E-state index is 12.4. The molecule has 1 N–H and O–H groups in total. The van der Waals surface area contributed by atoms with Crippen LogP contribution >= 0.6 is 11.3 Å². The highest BCUT2D eigenvalue weighted by molar-refractivity contribution is 7.93. The lowest BCUT2D eigenvalue weighted by Gasteiger charge is -2.06. The summed E-state index contributed by atoms with van der Waals surface area (Å²) in [5, 5.41) is 0.385. The fourth-order valence-corrected chi connectivity index (χ4v) is 4.10. The van der Waals surface area contributed by atoms with Gasteiger partial charge < -0.3 is 0 Å². The minimum absolute atomic E-state index is 0.204. The van der Waals surface area contributed by atoms with Gasteiger partial charge in [0.25, 0.3) is 10.0 Å². The Morgan fingerprint density at radius 1 is 1.04 bits per heavy atom. The standard InChI is InChI=1S/C16H15N3O2S2/c1-11-12(2)22-16(18-11)19-23(20,21)15-7-5-13(6-8-15)14-4-3-9-17-10-14/h3-10H,1-2H3,(H,18,19). The molecule has 0 spiro atoms. The highest BCUT2D eigenvalue weighted by Crippen LogP contribution is 2.25. The molecule has 7 heteroatoms. The van der Waals surface area contributed by atoms with Gasteiger partial charge in [-0.3, -0.25) is 9.71 Å². The van der Waals surface area contributed by atoms with Gasteiger partial charge >= 0.3 is 0 Å². The molecule has 2 heterocycles. The first-order valence-corrected chi connectivity index (χ1v) is 9.23. The van der Waals surface area contributed by atoms with Crippen molar-refractivity contribution in [3.05, 3.63) is 59.4 Å². The van der Waals surface area contributed by atoms with Crippen LogP contribution in [0, 0.1) is 13.8 Å². The lowest BCUT2D eigenvalue weighted by atomic mass is 10.1. The average Bonchev–Trinajstić information content (AvgIpc) is 2.85. The number of rotatable bonds is 4. The molecule has 0 aliphatic heterocycles. The predicted octanol–water partition coefficient (Wildman–Crippen LogP) is 3.62. The molecule has 2 aromatic heterocycles. The van der Waals surface area contributed by atoms with E-state index < -0.39 is 10.0 Å². The second-order valence-electron chi connectivity index (χ2n) is 5.03. The zero-order valence-electron chi connectivity index (χ0n) is 12.6. The number of aryl methyl sites for hydroxylation is 2. The molecule has 0 saturated carbocycles. The minimum atomic E-state index is -3.63. The van der Waals surface area contributed by atoms with E-state index in [1.54, 1.807) is 36.7 Å². The second kappa shape index (κ2) is 6.10. The molecule has 0 aliphatic carbocycles. The highest BCUT2D eigenvalue weighted by atomic mass is 32.2. The molecule has 0 atom stereocenters. The number of thiazole rings is 1. The van der Waals surface area contributed by atoms with E-state index in [9.17, 15) is 8.42 Å². The Hall–Kier alpha value is -2.25. The van der Waals surface area contributed by atoms with Crippen LogP contribution in [0.4, 0.5) is 5.13 Å². The number of nitrogens with zero attached hydrogens (tertiary/aromatic N) is 2. The molecular formula is C16H15N3O2S2. The monoisotopic (exact) mass is 345 g/mol. The number of benzene rings is 1. The Morgan fingerprint density at radius 2 is 1.78 bits per heavy atom. The van der Waals surface area contributed by atoms with Crippen molar-refractivity contribution in [3.63, 3.8) is 0 Å². The van der Waals surface area contributed by atoms with Gasteiger partial charge in [0.05, 0.1) is 10.6 Å². The largest absolute Gasteiger partial charge is 0.264 e. The second-order valence-corrected chi connectivity index (χ2v) is 7.92. The van der Waals surface area contributed by atoms with Gasteiger partial charge in [-0.05, 0) is 43.2 Å². The lowest BCUT2D eigenvalue weighted by molar-refractivity contribution is 0.601. The summed E-state index contributed by atoms with van der Waals surface area (Å²) in [5.41, 5.74) is 2.69. The van der Waals surface area contributed by atoms with E-state index in [1.807, 2.05) is 26.0 Å². The SMILES string of the molecule is Cc1nc(NS(=O)(=O)c2ccc(-c3cccnc3)cc2)sc1C. The molecule has 0 unspecified atom stereocenters. The van der Waals surface area contributed by atoms with Gasteiger partial charge in [0, 0.05) is 17.3 Å². The third-order valence-corrected chi connectivity index (χ3v) is 5.88. The van der Waals surface area contributed by atoms with Crippen LogP contribution in [0.1, 0.15) is 10.6 Å². The van der Waals surface area contributed by atoms with Crippen LogP contribution in [-0.4, -0.2) is 18.4 Å². The molecule has 3 rings (SSSR count). The Morgan fingerprint density at radius 3 is 2.35 bits per heavy atom. The molecule has 0 bridgehead atoms.